The van der Waals surface area contributed by atoms with E-state index in [1.165, 1.54) is 0 Å². The van der Waals surface area contributed by atoms with Gasteiger partial charge in [0.15, 0.2) is 0 Å². The van der Waals surface area contributed by atoms with E-state index in [9.17, 15) is 0 Å². The number of nitriles is 1. The van der Waals surface area contributed by atoms with Gasteiger partial charge in [-0.2, -0.15) is 5.26 Å². The Bertz CT molecular complexity index is 395. The normalized spacial score (nSPS) is 10.1. The zero-order valence-electron chi connectivity index (χ0n) is 10.4. The number of benzene rings is 1. The van der Waals surface area contributed by atoms with Gasteiger partial charge >= 0.3 is 0 Å². The largest absolute Gasteiger partial charge is 0.492 e. The molecule has 0 spiro atoms. The molecule has 1 aromatic carbocycles. The fourth-order valence-electron chi connectivity index (χ4n) is 1.54. The van der Waals surface area contributed by atoms with Gasteiger partial charge in [-0.15, -0.1) is 6.58 Å². The highest BCUT2D eigenvalue weighted by molar-refractivity contribution is 5.34. The van der Waals surface area contributed by atoms with Gasteiger partial charge < -0.3 is 9.84 Å². The molecule has 0 amide bonds. The second-order valence-corrected chi connectivity index (χ2v) is 3.80. The maximum atomic E-state index is 8.89. The molecule has 0 atom stereocenters. The number of aliphatic hydroxyl groups is 1. The number of nitrogens with zero attached hydrogens (tertiary/aromatic N) is 2. The Kier molecular flexibility index (Phi) is 6.55. The fraction of sp³-hybridized carbons (Fsp3) is 0.357. The molecule has 18 heavy (non-hydrogen) atoms. The topological polar surface area (TPSA) is 56.5 Å². The van der Waals surface area contributed by atoms with Crippen LogP contribution in [0.2, 0.25) is 0 Å². The van der Waals surface area contributed by atoms with Crippen LogP contribution >= 0.6 is 0 Å². The van der Waals surface area contributed by atoms with Crippen molar-refractivity contribution < 1.29 is 9.84 Å². The number of aliphatic hydroxyl groups excluding tert-OH is 1. The van der Waals surface area contributed by atoms with E-state index in [0.29, 0.717) is 18.7 Å². The second kappa shape index (κ2) is 8.29. The minimum atomic E-state index is 0.130. The van der Waals surface area contributed by atoms with Gasteiger partial charge in [-0.05, 0) is 24.3 Å². The monoisotopic (exact) mass is 246 g/mol. The number of hydrogen-bond donors (Lipinski definition) is 1. The third kappa shape index (κ3) is 5.00. The van der Waals surface area contributed by atoms with Gasteiger partial charge in [-0.1, -0.05) is 6.08 Å². The van der Waals surface area contributed by atoms with E-state index in [0.717, 1.165) is 18.8 Å². The van der Waals surface area contributed by atoms with Crippen LogP contribution in [0.5, 0.6) is 5.75 Å². The highest BCUT2D eigenvalue weighted by Crippen LogP contribution is 2.11. The molecule has 4 heteroatoms. The molecule has 0 aliphatic carbocycles. The van der Waals surface area contributed by atoms with E-state index in [2.05, 4.69) is 17.5 Å². The summed E-state index contributed by atoms with van der Waals surface area (Å²) in [6.07, 6.45) is 1.80. The minimum absolute atomic E-state index is 0.130. The van der Waals surface area contributed by atoms with Crippen LogP contribution in [0.15, 0.2) is 36.9 Å². The Morgan fingerprint density at radius 1 is 1.33 bits per heavy atom. The molecule has 1 rings (SSSR count). The SMILES string of the molecule is C=CCN(CCO)CCOc1ccc(C#N)cc1. The van der Waals surface area contributed by atoms with Crippen molar-refractivity contribution in [1.82, 2.24) is 4.90 Å². The van der Waals surface area contributed by atoms with Crippen LogP contribution in [0.4, 0.5) is 0 Å². The smallest absolute Gasteiger partial charge is 0.119 e. The molecule has 4 nitrogen and oxygen atoms in total. The van der Waals surface area contributed by atoms with Gasteiger partial charge in [0.05, 0.1) is 18.2 Å². The molecular formula is C14H18N2O2. The lowest BCUT2D eigenvalue weighted by Crippen LogP contribution is -2.31. The summed E-state index contributed by atoms with van der Waals surface area (Å²) in [6.45, 7) is 6.42. The summed E-state index contributed by atoms with van der Waals surface area (Å²) in [7, 11) is 0. The van der Waals surface area contributed by atoms with E-state index in [4.69, 9.17) is 15.1 Å². The third-order valence-corrected chi connectivity index (χ3v) is 2.46. The molecule has 0 saturated carbocycles. The van der Waals surface area contributed by atoms with Gasteiger partial charge in [-0.3, -0.25) is 4.90 Å². The average Bonchev–Trinajstić information content (AvgIpc) is 2.40. The highest BCUT2D eigenvalue weighted by Gasteiger charge is 2.02. The van der Waals surface area contributed by atoms with Crippen molar-refractivity contribution >= 4 is 0 Å². The zero-order valence-corrected chi connectivity index (χ0v) is 10.4. The molecule has 0 radical (unpaired) electrons. The van der Waals surface area contributed by atoms with Crippen molar-refractivity contribution in [3.05, 3.63) is 42.5 Å². The molecule has 0 saturated heterocycles. The molecule has 0 aromatic heterocycles. The van der Waals surface area contributed by atoms with Crippen molar-refractivity contribution in [2.45, 2.75) is 0 Å². The van der Waals surface area contributed by atoms with Crippen molar-refractivity contribution in [2.75, 3.05) is 32.8 Å². The Balaban J connectivity index is 2.35. The minimum Gasteiger partial charge on any atom is -0.492 e. The standard InChI is InChI=1S/C14H18N2O2/c1-2-7-16(8-10-17)9-11-18-14-5-3-13(12-15)4-6-14/h2-6,17H,1,7-11H2. The van der Waals surface area contributed by atoms with E-state index < -0.39 is 0 Å². The molecule has 0 bridgehead atoms. The van der Waals surface area contributed by atoms with Crippen LogP contribution in [-0.4, -0.2) is 42.9 Å². The predicted molar refractivity (Wildman–Crippen MR) is 70.4 cm³/mol. The molecule has 0 aliphatic rings. The van der Waals surface area contributed by atoms with Gasteiger partial charge in [-0.25, -0.2) is 0 Å². The van der Waals surface area contributed by atoms with Gasteiger partial charge in [0.25, 0.3) is 0 Å². The number of hydrogen-bond acceptors (Lipinski definition) is 4. The molecule has 0 unspecified atom stereocenters. The highest BCUT2D eigenvalue weighted by atomic mass is 16.5. The number of ether oxygens (including phenoxy) is 1. The summed E-state index contributed by atoms with van der Waals surface area (Å²) < 4.78 is 5.56. The Hall–Kier alpha value is -1.83. The lowest BCUT2D eigenvalue weighted by molar-refractivity contribution is 0.180. The van der Waals surface area contributed by atoms with E-state index in [1.807, 2.05) is 0 Å². The molecule has 0 heterocycles. The summed E-state index contributed by atoms with van der Waals surface area (Å²) in [5.41, 5.74) is 0.621. The Labute approximate surface area is 108 Å². The van der Waals surface area contributed by atoms with Crippen LogP contribution in [0.1, 0.15) is 5.56 Å². The first-order chi connectivity index (χ1) is 8.80. The quantitative estimate of drug-likeness (QED) is 0.705. The molecule has 96 valence electrons. The Morgan fingerprint density at radius 3 is 2.61 bits per heavy atom. The molecule has 0 aliphatic heterocycles. The lowest BCUT2D eigenvalue weighted by atomic mass is 10.2. The summed E-state index contributed by atoms with van der Waals surface area (Å²) in [5, 5.41) is 17.6. The van der Waals surface area contributed by atoms with Crippen molar-refractivity contribution in [2.24, 2.45) is 0 Å². The second-order valence-electron chi connectivity index (χ2n) is 3.80. The van der Waals surface area contributed by atoms with Gasteiger partial charge in [0.2, 0.25) is 0 Å². The maximum absolute atomic E-state index is 8.89. The predicted octanol–water partition coefficient (Wildman–Crippen LogP) is 1.42. The summed E-state index contributed by atoms with van der Waals surface area (Å²) in [6, 6.07) is 9.07. The van der Waals surface area contributed by atoms with Crippen molar-refractivity contribution in [3.63, 3.8) is 0 Å². The fourth-order valence-corrected chi connectivity index (χ4v) is 1.54. The van der Waals surface area contributed by atoms with Gasteiger partial charge in [0.1, 0.15) is 12.4 Å². The van der Waals surface area contributed by atoms with Crippen LogP contribution < -0.4 is 4.74 Å². The number of rotatable bonds is 8. The van der Waals surface area contributed by atoms with Crippen molar-refractivity contribution in [1.29, 1.82) is 5.26 Å². The first kappa shape index (κ1) is 14.2. The summed E-state index contributed by atoms with van der Waals surface area (Å²) >= 11 is 0. The molecule has 0 fully saturated rings. The van der Waals surface area contributed by atoms with Crippen LogP contribution in [-0.2, 0) is 0 Å². The third-order valence-electron chi connectivity index (χ3n) is 2.46. The van der Waals surface area contributed by atoms with E-state index >= 15 is 0 Å². The van der Waals surface area contributed by atoms with Crippen molar-refractivity contribution in [3.8, 4) is 11.8 Å². The maximum Gasteiger partial charge on any atom is 0.119 e. The average molecular weight is 246 g/mol. The summed E-state index contributed by atoms with van der Waals surface area (Å²) in [4.78, 5) is 2.05. The molecule has 1 aromatic rings. The van der Waals surface area contributed by atoms with E-state index in [1.54, 1.807) is 30.3 Å². The molecular weight excluding hydrogens is 228 g/mol. The first-order valence-corrected chi connectivity index (χ1v) is 5.87. The first-order valence-electron chi connectivity index (χ1n) is 5.87. The van der Waals surface area contributed by atoms with Crippen LogP contribution in [0.3, 0.4) is 0 Å². The molecule has 1 N–H and O–H groups in total. The zero-order chi connectivity index (χ0) is 13.2. The van der Waals surface area contributed by atoms with E-state index in [-0.39, 0.29) is 6.61 Å². The van der Waals surface area contributed by atoms with Crippen LogP contribution in [0, 0.1) is 11.3 Å². The van der Waals surface area contributed by atoms with Gasteiger partial charge in [0, 0.05) is 19.6 Å². The lowest BCUT2D eigenvalue weighted by Gasteiger charge is -2.19. The van der Waals surface area contributed by atoms with Crippen LogP contribution in [0.25, 0.3) is 0 Å². The summed E-state index contributed by atoms with van der Waals surface area (Å²) in [5.74, 6) is 0.747. The Morgan fingerprint density at radius 2 is 2.06 bits per heavy atom.